The lowest BCUT2D eigenvalue weighted by atomic mass is 10.1. The summed E-state index contributed by atoms with van der Waals surface area (Å²) in [7, 11) is 1.60. The molecule has 0 aromatic carbocycles. The van der Waals surface area contributed by atoms with Gasteiger partial charge in [-0.15, -0.1) is 5.10 Å². The molecule has 0 unspecified atom stereocenters. The first-order valence-electron chi connectivity index (χ1n) is 6.27. The Balaban J connectivity index is 1.94. The second-order valence-corrected chi connectivity index (χ2v) is 4.59. The summed E-state index contributed by atoms with van der Waals surface area (Å²) in [5.74, 6) is 0.0949. The van der Waals surface area contributed by atoms with E-state index in [1.165, 1.54) is 10.9 Å². The Bertz CT molecular complexity index is 479. The molecule has 104 valence electrons. The van der Waals surface area contributed by atoms with E-state index >= 15 is 0 Å². The lowest BCUT2D eigenvalue weighted by Crippen LogP contribution is -2.39. The van der Waals surface area contributed by atoms with Gasteiger partial charge in [-0.3, -0.25) is 19.6 Å². The zero-order valence-electron chi connectivity index (χ0n) is 10.8. The largest absolute Gasteiger partial charge is 0.354 e. The standard InChI is InChI=1S/C11H17N5O3/c1-14-8-9(16(18)19)11(13-14)12-7-10(17)15-5-3-2-4-6-15/h8H,2-7H2,1H3,(H,12,13). The molecule has 0 bridgehead atoms. The van der Waals surface area contributed by atoms with Gasteiger partial charge in [-0.1, -0.05) is 0 Å². The number of nitrogens with zero attached hydrogens (tertiary/aromatic N) is 4. The van der Waals surface area contributed by atoms with Gasteiger partial charge in [-0.05, 0) is 19.3 Å². The first-order chi connectivity index (χ1) is 9.08. The van der Waals surface area contributed by atoms with Crippen molar-refractivity contribution in [1.29, 1.82) is 0 Å². The van der Waals surface area contributed by atoms with Crippen molar-refractivity contribution in [3.63, 3.8) is 0 Å². The monoisotopic (exact) mass is 267 g/mol. The molecule has 1 N–H and O–H groups in total. The average Bonchev–Trinajstić information content (AvgIpc) is 2.78. The van der Waals surface area contributed by atoms with Crippen LogP contribution in [0.5, 0.6) is 0 Å². The Morgan fingerprint density at radius 1 is 1.47 bits per heavy atom. The zero-order chi connectivity index (χ0) is 13.8. The second kappa shape index (κ2) is 5.68. The number of aryl methyl sites for hydroxylation is 1. The van der Waals surface area contributed by atoms with E-state index in [2.05, 4.69) is 10.4 Å². The molecule has 0 saturated carbocycles. The predicted molar refractivity (Wildman–Crippen MR) is 68.8 cm³/mol. The van der Waals surface area contributed by atoms with Crippen LogP contribution in [0.25, 0.3) is 0 Å². The average molecular weight is 267 g/mol. The third-order valence-electron chi connectivity index (χ3n) is 3.12. The number of hydrogen-bond donors (Lipinski definition) is 1. The predicted octanol–water partition coefficient (Wildman–Crippen LogP) is 0.753. The molecule has 8 nitrogen and oxygen atoms in total. The highest BCUT2D eigenvalue weighted by molar-refractivity contribution is 5.81. The quantitative estimate of drug-likeness (QED) is 0.642. The number of rotatable bonds is 4. The van der Waals surface area contributed by atoms with Gasteiger partial charge < -0.3 is 10.2 Å². The molecule has 1 aliphatic rings. The van der Waals surface area contributed by atoms with Gasteiger partial charge in [0.1, 0.15) is 6.20 Å². The molecule has 1 aromatic heterocycles. The third-order valence-corrected chi connectivity index (χ3v) is 3.12. The fourth-order valence-corrected chi connectivity index (χ4v) is 2.15. The molecule has 0 aliphatic carbocycles. The molecule has 1 fully saturated rings. The number of nitro groups is 1. The molecule has 1 saturated heterocycles. The van der Waals surface area contributed by atoms with Crippen LogP contribution in [0.2, 0.25) is 0 Å². The molecule has 0 spiro atoms. The van der Waals surface area contributed by atoms with Gasteiger partial charge in [-0.2, -0.15) is 0 Å². The second-order valence-electron chi connectivity index (χ2n) is 4.59. The first kappa shape index (κ1) is 13.3. The number of aromatic nitrogens is 2. The van der Waals surface area contributed by atoms with Crippen molar-refractivity contribution in [2.45, 2.75) is 19.3 Å². The molecule has 0 atom stereocenters. The fourth-order valence-electron chi connectivity index (χ4n) is 2.15. The van der Waals surface area contributed by atoms with Crippen LogP contribution in [0.4, 0.5) is 11.5 Å². The van der Waals surface area contributed by atoms with Crippen molar-refractivity contribution in [1.82, 2.24) is 14.7 Å². The van der Waals surface area contributed by atoms with E-state index in [1.807, 2.05) is 0 Å². The summed E-state index contributed by atoms with van der Waals surface area (Å²) in [5, 5.41) is 17.5. The van der Waals surface area contributed by atoms with Crippen LogP contribution in [0.3, 0.4) is 0 Å². The molecule has 2 rings (SSSR count). The summed E-state index contributed by atoms with van der Waals surface area (Å²) in [6.07, 6.45) is 4.52. The summed E-state index contributed by atoms with van der Waals surface area (Å²) in [4.78, 5) is 24.0. The van der Waals surface area contributed by atoms with E-state index in [0.29, 0.717) is 0 Å². The minimum absolute atomic E-state index is 0.0395. The van der Waals surface area contributed by atoms with E-state index < -0.39 is 4.92 Å². The molecule has 19 heavy (non-hydrogen) atoms. The van der Waals surface area contributed by atoms with Crippen LogP contribution < -0.4 is 5.32 Å². The Morgan fingerprint density at radius 3 is 2.79 bits per heavy atom. The topological polar surface area (TPSA) is 93.3 Å². The number of anilines is 1. The fraction of sp³-hybridized carbons (Fsp3) is 0.636. The van der Waals surface area contributed by atoms with Crippen molar-refractivity contribution in [2.75, 3.05) is 25.0 Å². The number of carbonyl (C=O) groups is 1. The molecular formula is C11H17N5O3. The number of nitrogens with one attached hydrogen (secondary N) is 1. The van der Waals surface area contributed by atoms with Crippen molar-refractivity contribution in [2.24, 2.45) is 7.05 Å². The van der Waals surface area contributed by atoms with Gasteiger partial charge in [0.05, 0.1) is 11.5 Å². The highest BCUT2D eigenvalue weighted by Gasteiger charge is 2.21. The number of amides is 1. The summed E-state index contributed by atoms with van der Waals surface area (Å²) in [6.45, 7) is 1.58. The van der Waals surface area contributed by atoms with E-state index in [1.54, 1.807) is 11.9 Å². The Hall–Kier alpha value is -2.12. The first-order valence-corrected chi connectivity index (χ1v) is 6.27. The number of piperidine rings is 1. The third kappa shape index (κ3) is 3.21. The normalized spacial score (nSPS) is 15.3. The SMILES string of the molecule is Cn1cc([N+](=O)[O-])c(NCC(=O)N2CCCCC2)n1. The molecular weight excluding hydrogens is 250 g/mol. The van der Waals surface area contributed by atoms with Gasteiger partial charge in [0.2, 0.25) is 11.7 Å². The van der Waals surface area contributed by atoms with E-state index in [9.17, 15) is 14.9 Å². The van der Waals surface area contributed by atoms with Gasteiger partial charge in [0, 0.05) is 20.1 Å². The van der Waals surface area contributed by atoms with Gasteiger partial charge in [-0.25, -0.2) is 0 Å². The van der Waals surface area contributed by atoms with E-state index in [-0.39, 0.29) is 24.0 Å². The number of carbonyl (C=O) groups excluding carboxylic acids is 1. The lowest BCUT2D eigenvalue weighted by molar-refractivity contribution is -0.384. The summed E-state index contributed by atoms with van der Waals surface area (Å²) >= 11 is 0. The van der Waals surface area contributed by atoms with Crippen LogP contribution in [0.1, 0.15) is 19.3 Å². The Morgan fingerprint density at radius 2 is 2.16 bits per heavy atom. The van der Waals surface area contributed by atoms with E-state index in [4.69, 9.17) is 0 Å². The molecule has 0 radical (unpaired) electrons. The molecule has 1 aromatic rings. The summed E-state index contributed by atoms with van der Waals surface area (Å²) < 4.78 is 1.35. The van der Waals surface area contributed by atoms with Crippen LogP contribution in [-0.4, -0.2) is 45.1 Å². The van der Waals surface area contributed by atoms with Gasteiger partial charge in [0.25, 0.3) is 0 Å². The van der Waals surface area contributed by atoms with Gasteiger partial charge in [0.15, 0.2) is 0 Å². The maximum Gasteiger partial charge on any atom is 0.330 e. The van der Waals surface area contributed by atoms with Gasteiger partial charge >= 0.3 is 5.69 Å². The molecule has 2 heterocycles. The van der Waals surface area contributed by atoms with Crippen LogP contribution in [0.15, 0.2) is 6.20 Å². The summed E-state index contributed by atoms with van der Waals surface area (Å²) in [6, 6.07) is 0. The van der Waals surface area contributed by atoms with Crippen molar-refractivity contribution >= 4 is 17.4 Å². The maximum atomic E-state index is 11.9. The van der Waals surface area contributed by atoms with Crippen LogP contribution in [0, 0.1) is 10.1 Å². The molecule has 1 aliphatic heterocycles. The smallest absolute Gasteiger partial charge is 0.330 e. The highest BCUT2D eigenvalue weighted by atomic mass is 16.6. The number of likely N-dealkylation sites (tertiary alicyclic amines) is 1. The Labute approximate surface area is 110 Å². The maximum absolute atomic E-state index is 11.9. The lowest BCUT2D eigenvalue weighted by Gasteiger charge is -2.26. The summed E-state index contributed by atoms with van der Waals surface area (Å²) in [5.41, 5.74) is -0.117. The van der Waals surface area contributed by atoms with Crippen molar-refractivity contribution < 1.29 is 9.72 Å². The minimum atomic E-state index is -0.513. The molecule has 8 heteroatoms. The number of hydrogen-bond acceptors (Lipinski definition) is 5. The molecule has 1 amide bonds. The highest BCUT2D eigenvalue weighted by Crippen LogP contribution is 2.21. The van der Waals surface area contributed by atoms with Crippen molar-refractivity contribution in [3.05, 3.63) is 16.3 Å². The van der Waals surface area contributed by atoms with Crippen molar-refractivity contribution in [3.8, 4) is 0 Å². The van der Waals surface area contributed by atoms with Crippen LogP contribution in [-0.2, 0) is 11.8 Å². The minimum Gasteiger partial charge on any atom is -0.354 e. The zero-order valence-corrected chi connectivity index (χ0v) is 10.8. The van der Waals surface area contributed by atoms with Crippen LogP contribution >= 0.6 is 0 Å². The van der Waals surface area contributed by atoms with E-state index in [0.717, 1.165) is 32.4 Å². The Kier molecular flexibility index (Phi) is 3.98.